The summed E-state index contributed by atoms with van der Waals surface area (Å²) in [6.45, 7) is 8.37. The van der Waals surface area contributed by atoms with Crippen molar-refractivity contribution in [2.24, 2.45) is 4.99 Å². The SMILES string of the molecule is CCNC(=NCC(C)c1cccs1)NCCc1nc(C)no1.I. The number of hydrogen-bond acceptors (Lipinski definition) is 5. The zero-order valence-corrected chi connectivity index (χ0v) is 16.9. The molecular formula is C15H24IN5OS. The molecule has 2 N–H and O–H groups in total. The van der Waals surface area contributed by atoms with Gasteiger partial charge in [0.15, 0.2) is 11.8 Å². The smallest absolute Gasteiger partial charge is 0.228 e. The number of nitrogens with zero attached hydrogens (tertiary/aromatic N) is 3. The Kier molecular flexibility index (Phi) is 9.15. The largest absolute Gasteiger partial charge is 0.357 e. The molecule has 0 aliphatic heterocycles. The molecule has 0 aliphatic rings. The van der Waals surface area contributed by atoms with E-state index >= 15 is 0 Å². The maximum absolute atomic E-state index is 5.09. The van der Waals surface area contributed by atoms with Crippen LogP contribution < -0.4 is 10.6 Å². The molecule has 6 nitrogen and oxygen atoms in total. The van der Waals surface area contributed by atoms with Crippen LogP contribution in [0.15, 0.2) is 27.0 Å². The van der Waals surface area contributed by atoms with Gasteiger partial charge in [0, 0.05) is 30.3 Å². The normalized spacial score (nSPS) is 12.6. The Bertz CT molecular complexity index is 584. The third-order valence-electron chi connectivity index (χ3n) is 3.10. The van der Waals surface area contributed by atoms with Crippen LogP contribution in [0.3, 0.4) is 0 Å². The zero-order valence-electron chi connectivity index (χ0n) is 13.7. The van der Waals surface area contributed by atoms with Gasteiger partial charge in [-0.2, -0.15) is 4.98 Å². The van der Waals surface area contributed by atoms with Crippen molar-refractivity contribution in [3.8, 4) is 0 Å². The zero-order chi connectivity index (χ0) is 15.8. The van der Waals surface area contributed by atoms with Crippen LogP contribution in [0.25, 0.3) is 0 Å². The number of rotatable bonds is 7. The maximum Gasteiger partial charge on any atom is 0.228 e. The van der Waals surface area contributed by atoms with Crippen molar-refractivity contribution in [3.05, 3.63) is 34.1 Å². The molecule has 0 saturated heterocycles. The maximum atomic E-state index is 5.09. The van der Waals surface area contributed by atoms with Crippen LogP contribution in [0.2, 0.25) is 0 Å². The lowest BCUT2D eigenvalue weighted by atomic mass is 10.1. The standard InChI is InChI=1S/C15H23N5OS.HI/c1-4-16-15(17-8-7-14-19-12(3)20-21-14)18-10-11(2)13-6-5-9-22-13;/h5-6,9,11H,4,7-8,10H2,1-3H3,(H2,16,17,18);1H. The average molecular weight is 449 g/mol. The number of halogens is 1. The first-order valence-electron chi connectivity index (χ1n) is 7.53. The average Bonchev–Trinajstić information content (AvgIpc) is 3.16. The lowest BCUT2D eigenvalue weighted by Crippen LogP contribution is -2.38. The van der Waals surface area contributed by atoms with Gasteiger partial charge in [-0.1, -0.05) is 18.1 Å². The van der Waals surface area contributed by atoms with Crippen LogP contribution in [0.5, 0.6) is 0 Å². The second kappa shape index (κ2) is 10.6. The highest BCUT2D eigenvalue weighted by Crippen LogP contribution is 2.20. The summed E-state index contributed by atoms with van der Waals surface area (Å²) < 4.78 is 5.09. The van der Waals surface area contributed by atoms with Crippen molar-refractivity contribution in [3.63, 3.8) is 0 Å². The van der Waals surface area contributed by atoms with Crippen LogP contribution in [0, 0.1) is 6.92 Å². The summed E-state index contributed by atoms with van der Waals surface area (Å²) in [6, 6.07) is 4.24. The fourth-order valence-corrected chi connectivity index (χ4v) is 2.74. The van der Waals surface area contributed by atoms with Gasteiger partial charge in [-0.25, -0.2) is 0 Å². The Morgan fingerprint density at radius 3 is 2.87 bits per heavy atom. The molecule has 0 aromatic carbocycles. The predicted octanol–water partition coefficient (Wildman–Crippen LogP) is 2.96. The highest BCUT2D eigenvalue weighted by atomic mass is 127. The van der Waals surface area contributed by atoms with E-state index in [-0.39, 0.29) is 24.0 Å². The van der Waals surface area contributed by atoms with Gasteiger partial charge in [0.1, 0.15) is 0 Å². The van der Waals surface area contributed by atoms with E-state index in [1.807, 2.05) is 6.92 Å². The van der Waals surface area contributed by atoms with Crippen molar-refractivity contribution in [1.29, 1.82) is 0 Å². The van der Waals surface area contributed by atoms with E-state index in [1.165, 1.54) is 4.88 Å². The number of nitrogens with one attached hydrogen (secondary N) is 2. The highest BCUT2D eigenvalue weighted by Gasteiger charge is 2.07. The van der Waals surface area contributed by atoms with E-state index in [2.05, 4.69) is 57.1 Å². The molecule has 0 bridgehead atoms. The Hall–Kier alpha value is -1.16. The lowest BCUT2D eigenvalue weighted by molar-refractivity contribution is 0.374. The molecule has 0 spiro atoms. The van der Waals surface area contributed by atoms with Gasteiger partial charge < -0.3 is 15.2 Å². The molecule has 23 heavy (non-hydrogen) atoms. The second-order valence-electron chi connectivity index (χ2n) is 5.05. The lowest BCUT2D eigenvalue weighted by Gasteiger charge is -2.12. The topological polar surface area (TPSA) is 75.3 Å². The van der Waals surface area contributed by atoms with E-state index in [0.717, 1.165) is 19.0 Å². The minimum atomic E-state index is 0. The first kappa shape index (κ1) is 19.9. The molecule has 0 aliphatic carbocycles. The first-order chi connectivity index (χ1) is 10.7. The number of hydrogen-bond donors (Lipinski definition) is 2. The van der Waals surface area contributed by atoms with Crippen LogP contribution in [-0.2, 0) is 6.42 Å². The molecule has 0 saturated carbocycles. The van der Waals surface area contributed by atoms with Crippen LogP contribution >= 0.6 is 35.3 Å². The summed E-state index contributed by atoms with van der Waals surface area (Å²) in [7, 11) is 0. The van der Waals surface area contributed by atoms with E-state index in [0.29, 0.717) is 30.6 Å². The number of thiophene rings is 1. The Labute approximate surface area is 158 Å². The van der Waals surface area contributed by atoms with Crippen molar-refractivity contribution in [1.82, 2.24) is 20.8 Å². The third kappa shape index (κ3) is 6.86. The molecule has 1 unspecified atom stereocenters. The van der Waals surface area contributed by atoms with E-state index in [4.69, 9.17) is 4.52 Å². The van der Waals surface area contributed by atoms with Gasteiger partial charge in [-0.05, 0) is 25.3 Å². The molecule has 2 rings (SSSR count). The van der Waals surface area contributed by atoms with Crippen molar-refractivity contribution in [2.45, 2.75) is 33.1 Å². The van der Waals surface area contributed by atoms with E-state index in [1.54, 1.807) is 11.3 Å². The Balaban J connectivity index is 0.00000264. The molecule has 2 heterocycles. The van der Waals surface area contributed by atoms with Gasteiger partial charge in [-0.3, -0.25) is 4.99 Å². The second-order valence-corrected chi connectivity index (χ2v) is 6.03. The van der Waals surface area contributed by atoms with Gasteiger partial charge in [0.2, 0.25) is 5.89 Å². The quantitative estimate of drug-likeness (QED) is 0.386. The molecular weight excluding hydrogens is 425 g/mol. The molecule has 0 radical (unpaired) electrons. The molecule has 128 valence electrons. The molecule has 0 amide bonds. The molecule has 0 fully saturated rings. The molecule has 2 aromatic rings. The fourth-order valence-electron chi connectivity index (χ4n) is 1.96. The van der Waals surface area contributed by atoms with Gasteiger partial charge in [-0.15, -0.1) is 35.3 Å². The number of aromatic nitrogens is 2. The predicted molar refractivity (Wildman–Crippen MR) is 105 cm³/mol. The van der Waals surface area contributed by atoms with Crippen LogP contribution in [0.1, 0.15) is 36.4 Å². The van der Waals surface area contributed by atoms with Gasteiger partial charge >= 0.3 is 0 Å². The highest BCUT2D eigenvalue weighted by molar-refractivity contribution is 14.0. The fraction of sp³-hybridized carbons (Fsp3) is 0.533. The summed E-state index contributed by atoms with van der Waals surface area (Å²) in [6.07, 6.45) is 0.686. The Morgan fingerprint density at radius 2 is 2.26 bits per heavy atom. The van der Waals surface area contributed by atoms with Crippen molar-refractivity contribution < 1.29 is 4.52 Å². The van der Waals surface area contributed by atoms with Crippen LogP contribution in [0.4, 0.5) is 0 Å². The van der Waals surface area contributed by atoms with Crippen molar-refractivity contribution >= 4 is 41.3 Å². The number of aryl methyl sites for hydroxylation is 1. The summed E-state index contributed by atoms with van der Waals surface area (Å²) in [5, 5.41) is 12.4. The van der Waals surface area contributed by atoms with Crippen molar-refractivity contribution in [2.75, 3.05) is 19.6 Å². The third-order valence-corrected chi connectivity index (χ3v) is 4.20. The minimum absolute atomic E-state index is 0. The van der Waals surface area contributed by atoms with E-state index < -0.39 is 0 Å². The first-order valence-corrected chi connectivity index (χ1v) is 8.41. The van der Waals surface area contributed by atoms with E-state index in [9.17, 15) is 0 Å². The number of guanidine groups is 1. The summed E-state index contributed by atoms with van der Waals surface area (Å²) in [5.74, 6) is 2.56. The molecule has 8 heteroatoms. The van der Waals surface area contributed by atoms with Gasteiger partial charge in [0.05, 0.1) is 6.54 Å². The summed E-state index contributed by atoms with van der Waals surface area (Å²) in [5.41, 5.74) is 0. The Morgan fingerprint density at radius 1 is 1.43 bits per heavy atom. The van der Waals surface area contributed by atoms with Gasteiger partial charge in [0.25, 0.3) is 0 Å². The summed E-state index contributed by atoms with van der Waals surface area (Å²) in [4.78, 5) is 10.2. The van der Waals surface area contributed by atoms with Crippen LogP contribution in [-0.4, -0.2) is 35.7 Å². The molecule has 1 atom stereocenters. The number of aliphatic imine (C=N–C) groups is 1. The molecule has 2 aromatic heterocycles. The summed E-state index contributed by atoms with van der Waals surface area (Å²) >= 11 is 1.78. The minimum Gasteiger partial charge on any atom is -0.357 e. The monoisotopic (exact) mass is 449 g/mol.